The molecule has 1 atom stereocenters. The second kappa shape index (κ2) is 4.21. The molecule has 1 aromatic carbocycles. The van der Waals surface area contributed by atoms with Crippen molar-refractivity contribution < 1.29 is 0 Å². The van der Waals surface area contributed by atoms with Gasteiger partial charge in [0.1, 0.15) is 4.33 Å². The van der Waals surface area contributed by atoms with Crippen LogP contribution in [-0.2, 0) is 6.54 Å². The molecular formula is C12H12Cl2N4. The molecule has 1 heterocycles. The van der Waals surface area contributed by atoms with Crippen LogP contribution < -0.4 is 0 Å². The molecule has 3 rings (SSSR count). The number of benzene rings is 1. The SMILES string of the molecule is Cc1ccc(-c2nnn(C[C@H]3CC3(Cl)Cl)n2)cc1. The Morgan fingerprint density at radius 2 is 2.00 bits per heavy atom. The van der Waals surface area contributed by atoms with Gasteiger partial charge in [-0.1, -0.05) is 29.8 Å². The monoisotopic (exact) mass is 282 g/mol. The van der Waals surface area contributed by atoms with E-state index in [4.69, 9.17) is 23.2 Å². The predicted octanol–water partition coefficient (Wildman–Crippen LogP) is 2.84. The molecule has 0 aliphatic heterocycles. The maximum atomic E-state index is 5.97. The minimum Gasteiger partial charge on any atom is -0.163 e. The molecule has 0 bridgehead atoms. The number of alkyl halides is 2. The van der Waals surface area contributed by atoms with Crippen LogP contribution in [0.1, 0.15) is 12.0 Å². The first-order valence-electron chi connectivity index (χ1n) is 5.77. The van der Waals surface area contributed by atoms with Gasteiger partial charge in [-0.05, 0) is 18.6 Å². The number of aryl methyl sites for hydroxylation is 1. The highest BCUT2D eigenvalue weighted by Gasteiger charge is 2.52. The lowest BCUT2D eigenvalue weighted by molar-refractivity contribution is 0.484. The maximum absolute atomic E-state index is 5.97. The lowest BCUT2D eigenvalue weighted by Crippen LogP contribution is -2.07. The molecule has 1 aromatic heterocycles. The van der Waals surface area contributed by atoms with E-state index in [2.05, 4.69) is 15.4 Å². The molecule has 0 radical (unpaired) electrons. The van der Waals surface area contributed by atoms with Crippen molar-refractivity contribution >= 4 is 23.2 Å². The molecular weight excluding hydrogens is 271 g/mol. The number of aromatic nitrogens is 4. The van der Waals surface area contributed by atoms with Crippen LogP contribution in [0.5, 0.6) is 0 Å². The molecule has 2 aromatic rings. The quantitative estimate of drug-likeness (QED) is 0.813. The number of hydrogen-bond donors (Lipinski definition) is 0. The molecule has 6 heteroatoms. The molecule has 0 saturated heterocycles. The van der Waals surface area contributed by atoms with Crippen molar-refractivity contribution in [2.45, 2.75) is 24.2 Å². The Hall–Kier alpha value is -1.13. The second-order valence-corrected chi connectivity index (χ2v) is 6.24. The first-order valence-corrected chi connectivity index (χ1v) is 6.53. The van der Waals surface area contributed by atoms with E-state index >= 15 is 0 Å². The molecule has 1 aliphatic carbocycles. The van der Waals surface area contributed by atoms with Crippen LogP contribution in [-0.4, -0.2) is 24.5 Å². The van der Waals surface area contributed by atoms with Crippen LogP contribution in [0, 0.1) is 12.8 Å². The summed E-state index contributed by atoms with van der Waals surface area (Å²) in [6, 6.07) is 8.03. The Morgan fingerprint density at radius 1 is 1.33 bits per heavy atom. The molecule has 4 nitrogen and oxygen atoms in total. The molecule has 0 N–H and O–H groups in total. The molecule has 1 aliphatic rings. The van der Waals surface area contributed by atoms with Crippen LogP contribution in [0.2, 0.25) is 0 Å². The third-order valence-electron chi connectivity index (χ3n) is 3.10. The van der Waals surface area contributed by atoms with E-state index in [-0.39, 0.29) is 5.92 Å². The summed E-state index contributed by atoms with van der Waals surface area (Å²) in [4.78, 5) is 1.56. The largest absolute Gasteiger partial charge is 0.204 e. The van der Waals surface area contributed by atoms with Crippen LogP contribution in [0.15, 0.2) is 24.3 Å². The van der Waals surface area contributed by atoms with E-state index < -0.39 is 4.33 Å². The summed E-state index contributed by atoms with van der Waals surface area (Å²) in [5.41, 5.74) is 2.17. The molecule has 1 fully saturated rings. The van der Waals surface area contributed by atoms with Gasteiger partial charge in [-0.25, -0.2) is 0 Å². The van der Waals surface area contributed by atoms with Crippen LogP contribution >= 0.6 is 23.2 Å². The van der Waals surface area contributed by atoms with Gasteiger partial charge in [0.15, 0.2) is 0 Å². The third-order valence-corrected chi connectivity index (χ3v) is 4.03. The molecule has 18 heavy (non-hydrogen) atoms. The number of halogens is 2. The average molecular weight is 283 g/mol. The minimum atomic E-state index is -0.600. The predicted molar refractivity (Wildman–Crippen MR) is 70.5 cm³/mol. The van der Waals surface area contributed by atoms with Crippen LogP contribution in [0.4, 0.5) is 0 Å². The van der Waals surface area contributed by atoms with Gasteiger partial charge in [-0.2, -0.15) is 4.80 Å². The zero-order valence-electron chi connectivity index (χ0n) is 9.85. The Kier molecular flexibility index (Phi) is 2.79. The smallest absolute Gasteiger partial charge is 0.163 e. The highest BCUT2D eigenvalue weighted by Crippen LogP contribution is 2.53. The van der Waals surface area contributed by atoms with E-state index in [0.29, 0.717) is 12.4 Å². The first-order chi connectivity index (χ1) is 8.54. The van der Waals surface area contributed by atoms with Crippen molar-refractivity contribution in [2.24, 2.45) is 5.92 Å². The van der Waals surface area contributed by atoms with Crippen molar-refractivity contribution in [1.29, 1.82) is 0 Å². The Bertz CT molecular complexity index is 562. The maximum Gasteiger partial charge on any atom is 0.204 e. The van der Waals surface area contributed by atoms with E-state index in [1.54, 1.807) is 4.80 Å². The van der Waals surface area contributed by atoms with E-state index in [9.17, 15) is 0 Å². The van der Waals surface area contributed by atoms with E-state index in [1.165, 1.54) is 5.56 Å². The Morgan fingerprint density at radius 3 is 2.61 bits per heavy atom. The van der Waals surface area contributed by atoms with Gasteiger partial charge in [-0.3, -0.25) is 0 Å². The summed E-state index contributed by atoms with van der Waals surface area (Å²) in [5.74, 6) is 0.853. The first kappa shape index (κ1) is 11.9. The molecule has 1 saturated carbocycles. The van der Waals surface area contributed by atoms with Crippen LogP contribution in [0.3, 0.4) is 0 Å². The number of nitrogens with zero attached hydrogens (tertiary/aromatic N) is 4. The van der Waals surface area contributed by atoms with Crippen molar-refractivity contribution in [3.05, 3.63) is 29.8 Å². The number of rotatable bonds is 3. The Labute approximate surface area is 115 Å². The Balaban J connectivity index is 1.75. The summed E-state index contributed by atoms with van der Waals surface area (Å²) in [6.07, 6.45) is 0.789. The van der Waals surface area contributed by atoms with Gasteiger partial charge >= 0.3 is 0 Å². The zero-order valence-corrected chi connectivity index (χ0v) is 11.4. The van der Waals surface area contributed by atoms with Gasteiger partial charge in [0.05, 0.1) is 6.54 Å². The average Bonchev–Trinajstić information content (AvgIpc) is 2.75. The molecule has 0 amide bonds. The van der Waals surface area contributed by atoms with E-state index in [1.807, 2.05) is 31.2 Å². The second-order valence-electron chi connectivity index (χ2n) is 4.70. The zero-order chi connectivity index (χ0) is 12.8. The summed E-state index contributed by atoms with van der Waals surface area (Å²) < 4.78 is -0.600. The summed E-state index contributed by atoms with van der Waals surface area (Å²) in [5, 5.41) is 12.4. The van der Waals surface area contributed by atoms with Gasteiger partial charge in [0, 0.05) is 11.5 Å². The van der Waals surface area contributed by atoms with Crippen molar-refractivity contribution in [3.63, 3.8) is 0 Å². The summed E-state index contributed by atoms with van der Waals surface area (Å²) in [7, 11) is 0. The number of hydrogen-bond acceptors (Lipinski definition) is 3. The lowest BCUT2D eigenvalue weighted by atomic mass is 10.1. The molecule has 94 valence electrons. The molecule has 0 unspecified atom stereocenters. The van der Waals surface area contributed by atoms with Crippen molar-refractivity contribution in [2.75, 3.05) is 0 Å². The van der Waals surface area contributed by atoms with Crippen molar-refractivity contribution in [3.8, 4) is 11.4 Å². The standard InChI is InChI=1S/C12H12Cl2N4/c1-8-2-4-9(5-3-8)11-15-17-18(16-11)7-10-6-12(10,13)14/h2-5,10H,6-7H2,1H3/t10-/m1/s1. The fourth-order valence-corrected chi connectivity index (χ4v) is 2.31. The van der Waals surface area contributed by atoms with E-state index in [0.717, 1.165) is 12.0 Å². The minimum absolute atomic E-state index is 0.223. The fourth-order valence-electron chi connectivity index (χ4n) is 1.80. The van der Waals surface area contributed by atoms with Gasteiger partial charge in [-0.15, -0.1) is 33.4 Å². The van der Waals surface area contributed by atoms with Gasteiger partial charge in [0.25, 0.3) is 0 Å². The van der Waals surface area contributed by atoms with Crippen LogP contribution in [0.25, 0.3) is 11.4 Å². The highest BCUT2D eigenvalue weighted by atomic mass is 35.5. The third kappa shape index (κ3) is 2.35. The lowest BCUT2D eigenvalue weighted by Gasteiger charge is -1.98. The summed E-state index contributed by atoms with van der Waals surface area (Å²) >= 11 is 11.9. The van der Waals surface area contributed by atoms with Crippen molar-refractivity contribution in [1.82, 2.24) is 20.2 Å². The molecule has 0 spiro atoms. The summed E-state index contributed by atoms with van der Waals surface area (Å²) in [6.45, 7) is 2.66. The van der Waals surface area contributed by atoms with Gasteiger partial charge in [0.2, 0.25) is 5.82 Å². The fraction of sp³-hybridized carbons (Fsp3) is 0.417. The highest BCUT2D eigenvalue weighted by molar-refractivity contribution is 6.50. The normalized spacial score (nSPS) is 20.9. The number of tetrazole rings is 1. The van der Waals surface area contributed by atoms with Gasteiger partial charge < -0.3 is 0 Å². The topological polar surface area (TPSA) is 43.6 Å².